The first kappa shape index (κ1) is 15.5. The lowest BCUT2D eigenvalue weighted by atomic mass is 9.80. The fraction of sp³-hybridized carbons (Fsp3) is 0.706. The van der Waals surface area contributed by atoms with Gasteiger partial charge in [-0.1, -0.05) is 19.9 Å². The SMILES string of the molecule is CCCNC(c1cncc(C)c1)C1C(C)OC(C)C1C. The number of aromatic nitrogens is 1. The molecule has 1 aliphatic rings. The lowest BCUT2D eigenvalue weighted by Crippen LogP contribution is -2.35. The van der Waals surface area contributed by atoms with Crippen LogP contribution in [-0.2, 0) is 4.74 Å². The molecule has 112 valence electrons. The third-order valence-corrected chi connectivity index (χ3v) is 4.57. The van der Waals surface area contributed by atoms with Crippen molar-refractivity contribution in [1.82, 2.24) is 10.3 Å². The van der Waals surface area contributed by atoms with E-state index in [1.165, 1.54) is 11.1 Å². The van der Waals surface area contributed by atoms with Crippen LogP contribution in [0.5, 0.6) is 0 Å². The van der Waals surface area contributed by atoms with Crippen LogP contribution in [0.25, 0.3) is 0 Å². The molecule has 0 spiro atoms. The number of hydrogen-bond acceptors (Lipinski definition) is 3. The van der Waals surface area contributed by atoms with Crippen LogP contribution in [-0.4, -0.2) is 23.7 Å². The van der Waals surface area contributed by atoms with Crippen molar-refractivity contribution >= 4 is 0 Å². The van der Waals surface area contributed by atoms with E-state index in [0.29, 0.717) is 24.0 Å². The second kappa shape index (κ2) is 6.68. The maximum absolute atomic E-state index is 6.04. The molecule has 2 heterocycles. The van der Waals surface area contributed by atoms with Gasteiger partial charge in [-0.05, 0) is 50.8 Å². The van der Waals surface area contributed by atoms with E-state index in [9.17, 15) is 0 Å². The smallest absolute Gasteiger partial charge is 0.0600 e. The predicted molar refractivity (Wildman–Crippen MR) is 82.7 cm³/mol. The summed E-state index contributed by atoms with van der Waals surface area (Å²) < 4.78 is 6.04. The molecule has 5 unspecified atom stereocenters. The van der Waals surface area contributed by atoms with Gasteiger partial charge in [0.2, 0.25) is 0 Å². The van der Waals surface area contributed by atoms with E-state index < -0.39 is 0 Å². The number of nitrogens with zero attached hydrogens (tertiary/aromatic N) is 1. The van der Waals surface area contributed by atoms with E-state index in [2.05, 4.69) is 51.0 Å². The summed E-state index contributed by atoms with van der Waals surface area (Å²) >= 11 is 0. The number of ether oxygens (including phenoxy) is 1. The number of nitrogens with one attached hydrogen (secondary N) is 1. The van der Waals surface area contributed by atoms with Gasteiger partial charge in [0.1, 0.15) is 0 Å². The monoisotopic (exact) mass is 276 g/mol. The lowest BCUT2D eigenvalue weighted by Gasteiger charge is -2.30. The topological polar surface area (TPSA) is 34.2 Å². The van der Waals surface area contributed by atoms with Gasteiger partial charge in [0, 0.05) is 24.4 Å². The molecule has 1 saturated heterocycles. The zero-order valence-electron chi connectivity index (χ0n) is 13.4. The Labute approximate surface area is 123 Å². The molecule has 3 heteroatoms. The molecule has 0 saturated carbocycles. The summed E-state index contributed by atoms with van der Waals surface area (Å²) in [7, 11) is 0. The zero-order chi connectivity index (χ0) is 14.7. The van der Waals surface area contributed by atoms with Gasteiger partial charge in [0.05, 0.1) is 12.2 Å². The Morgan fingerprint density at radius 3 is 2.55 bits per heavy atom. The average molecular weight is 276 g/mol. The summed E-state index contributed by atoms with van der Waals surface area (Å²) in [5.74, 6) is 1.06. The Kier molecular flexibility index (Phi) is 5.17. The van der Waals surface area contributed by atoms with Crippen LogP contribution >= 0.6 is 0 Å². The highest BCUT2D eigenvalue weighted by Gasteiger charge is 2.42. The van der Waals surface area contributed by atoms with Gasteiger partial charge < -0.3 is 10.1 Å². The number of hydrogen-bond donors (Lipinski definition) is 1. The molecule has 0 aliphatic carbocycles. The second-order valence-corrected chi connectivity index (χ2v) is 6.21. The summed E-state index contributed by atoms with van der Waals surface area (Å²) in [6.45, 7) is 12.0. The second-order valence-electron chi connectivity index (χ2n) is 6.21. The normalized spacial score (nSPS) is 31.4. The van der Waals surface area contributed by atoms with Crippen molar-refractivity contribution in [2.75, 3.05) is 6.54 Å². The molecule has 5 atom stereocenters. The molecule has 0 aromatic carbocycles. The van der Waals surface area contributed by atoms with Crippen LogP contribution in [0.2, 0.25) is 0 Å². The van der Waals surface area contributed by atoms with Crippen molar-refractivity contribution in [3.63, 3.8) is 0 Å². The van der Waals surface area contributed by atoms with Crippen molar-refractivity contribution in [2.24, 2.45) is 11.8 Å². The molecule has 0 amide bonds. The van der Waals surface area contributed by atoms with E-state index in [1.54, 1.807) is 0 Å². The summed E-state index contributed by atoms with van der Waals surface area (Å²) in [5.41, 5.74) is 2.51. The molecule has 1 aromatic heterocycles. The van der Waals surface area contributed by atoms with Gasteiger partial charge in [-0.25, -0.2) is 0 Å². The van der Waals surface area contributed by atoms with Gasteiger partial charge in [-0.3, -0.25) is 4.98 Å². The molecule has 2 rings (SSSR count). The van der Waals surface area contributed by atoms with Crippen LogP contribution in [0.3, 0.4) is 0 Å². The Morgan fingerprint density at radius 2 is 2.00 bits per heavy atom. The third kappa shape index (κ3) is 3.21. The zero-order valence-corrected chi connectivity index (χ0v) is 13.4. The Hall–Kier alpha value is -0.930. The van der Waals surface area contributed by atoms with Crippen molar-refractivity contribution in [2.45, 2.75) is 59.3 Å². The highest BCUT2D eigenvalue weighted by Crippen LogP contribution is 2.40. The van der Waals surface area contributed by atoms with E-state index >= 15 is 0 Å². The first-order chi connectivity index (χ1) is 9.54. The summed E-state index contributed by atoms with van der Waals surface area (Å²) in [6.07, 6.45) is 5.68. The van der Waals surface area contributed by atoms with E-state index in [4.69, 9.17) is 4.74 Å². The van der Waals surface area contributed by atoms with Crippen LogP contribution in [0.1, 0.15) is 51.3 Å². The quantitative estimate of drug-likeness (QED) is 0.894. The van der Waals surface area contributed by atoms with Crippen LogP contribution in [0.4, 0.5) is 0 Å². The first-order valence-corrected chi connectivity index (χ1v) is 7.85. The predicted octanol–water partition coefficient (Wildman–Crippen LogP) is 3.49. The van der Waals surface area contributed by atoms with Gasteiger partial charge in [-0.2, -0.15) is 0 Å². The molecule has 20 heavy (non-hydrogen) atoms. The average Bonchev–Trinajstić information content (AvgIpc) is 2.66. The molecular weight excluding hydrogens is 248 g/mol. The van der Waals surface area contributed by atoms with Crippen molar-refractivity contribution in [3.8, 4) is 0 Å². The number of pyridine rings is 1. The number of aryl methyl sites for hydroxylation is 1. The van der Waals surface area contributed by atoms with Crippen LogP contribution in [0, 0.1) is 18.8 Å². The summed E-state index contributed by atoms with van der Waals surface area (Å²) in [4.78, 5) is 4.37. The minimum Gasteiger partial charge on any atom is -0.375 e. The number of rotatable bonds is 5. The summed E-state index contributed by atoms with van der Waals surface area (Å²) in [5, 5.41) is 3.72. The minimum absolute atomic E-state index is 0.287. The third-order valence-electron chi connectivity index (χ3n) is 4.57. The molecule has 1 N–H and O–H groups in total. The van der Waals surface area contributed by atoms with E-state index in [-0.39, 0.29) is 6.10 Å². The van der Waals surface area contributed by atoms with Crippen LogP contribution < -0.4 is 5.32 Å². The molecule has 3 nitrogen and oxygen atoms in total. The fourth-order valence-electron chi connectivity index (χ4n) is 3.39. The van der Waals surface area contributed by atoms with Gasteiger partial charge >= 0.3 is 0 Å². The maximum Gasteiger partial charge on any atom is 0.0600 e. The molecule has 0 bridgehead atoms. The summed E-state index contributed by atoms with van der Waals surface area (Å²) in [6, 6.07) is 2.58. The first-order valence-electron chi connectivity index (χ1n) is 7.85. The molecular formula is C17H28N2O. The van der Waals surface area contributed by atoms with Gasteiger partial charge in [0.25, 0.3) is 0 Å². The standard InChI is InChI=1S/C17H28N2O/c1-6-7-19-17(15-8-11(2)9-18-10-15)16-12(3)13(4)20-14(16)5/h8-10,12-14,16-17,19H,6-7H2,1-5H3. The highest BCUT2D eigenvalue weighted by atomic mass is 16.5. The maximum atomic E-state index is 6.04. The minimum atomic E-state index is 0.287. The van der Waals surface area contributed by atoms with Crippen LogP contribution in [0.15, 0.2) is 18.5 Å². The molecule has 1 fully saturated rings. The fourth-order valence-corrected chi connectivity index (χ4v) is 3.39. The molecule has 0 radical (unpaired) electrons. The Bertz CT molecular complexity index is 435. The molecule has 1 aliphatic heterocycles. The largest absolute Gasteiger partial charge is 0.375 e. The molecule has 1 aromatic rings. The van der Waals surface area contributed by atoms with Crippen molar-refractivity contribution < 1.29 is 4.74 Å². The van der Waals surface area contributed by atoms with E-state index in [0.717, 1.165) is 13.0 Å². The van der Waals surface area contributed by atoms with Crippen molar-refractivity contribution in [3.05, 3.63) is 29.6 Å². The lowest BCUT2D eigenvalue weighted by molar-refractivity contribution is 0.0475. The van der Waals surface area contributed by atoms with Crippen molar-refractivity contribution in [1.29, 1.82) is 0 Å². The highest BCUT2D eigenvalue weighted by molar-refractivity contribution is 5.22. The van der Waals surface area contributed by atoms with Gasteiger partial charge in [-0.15, -0.1) is 0 Å². The Morgan fingerprint density at radius 1 is 1.25 bits per heavy atom. The van der Waals surface area contributed by atoms with Gasteiger partial charge in [0.15, 0.2) is 0 Å². The van der Waals surface area contributed by atoms with E-state index in [1.807, 2.05) is 12.4 Å². The Balaban J connectivity index is 2.27.